The van der Waals surface area contributed by atoms with Gasteiger partial charge in [0.25, 0.3) is 0 Å². The Hall–Kier alpha value is -2.88. The van der Waals surface area contributed by atoms with Crippen molar-refractivity contribution in [3.63, 3.8) is 0 Å². The van der Waals surface area contributed by atoms with Crippen molar-refractivity contribution < 1.29 is 19.3 Å². The van der Waals surface area contributed by atoms with Crippen molar-refractivity contribution in [2.24, 2.45) is 0 Å². The summed E-state index contributed by atoms with van der Waals surface area (Å²) in [4.78, 5) is 0. The van der Waals surface area contributed by atoms with Crippen LogP contribution in [0, 0.1) is 0 Å². The molecule has 4 heteroatoms. The Labute approximate surface area is 161 Å². The molecule has 1 N–H and O–H groups in total. The third-order valence-corrected chi connectivity index (χ3v) is 3.79. The van der Waals surface area contributed by atoms with Gasteiger partial charge in [0.1, 0.15) is 18.1 Å². The Bertz CT molecular complexity index is 802. The molecule has 0 amide bonds. The maximum Gasteiger partial charge on any atom is 0.161 e. The van der Waals surface area contributed by atoms with Crippen molar-refractivity contribution in [3.05, 3.63) is 59.2 Å². The fourth-order valence-corrected chi connectivity index (χ4v) is 2.37. The Morgan fingerprint density at radius 3 is 2.33 bits per heavy atom. The fourth-order valence-electron chi connectivity index (χ4n) is 2.37. The summed E-state index contributed by atoms with van der Waals surface area (Å²) in [5, 5.41) is 9.71. The van der Waals surface area contributed by atoms with Crippen LogP contribution in [0.1, 0.15) is 38.3 Å². The van der Waals surface area contributed by atoms with Gasteiger partial charge in [0, 0.05) is 6.07 Å². The van der Waals surface area contributed by atoms with Crippen LogP contribution in [0.2, 0.25) is 0 Å². The van der Waals surface area contributed by atoms with Gasteiger partial charge in [0.2, 0.25) is 0 Å². The topological polar surface area (TPSA) is 47.9 Å². The van der Waals surface area contributed by atoms with Gasteiger partial charge in [-0.3, -0.25) is 0 Å². The number of ether oxygens (including phenoxy) is 3. The minimum Gasteiger partial charge on any atom is -0.504 e. The second-order valence-electron chi connectivity index (χ2n) is 6.44. The van der Waals surface area contributed by atoms with Crippen LogP contribution in [0.5, 0.6) is 23.0 Å². The molecule has 0 saturated carbocycles. The molecule has 2 rings (SSSR count). The number of phenolic OH excluding ortho intramolecular Hbond substituents is 1. The van der Waals surface area contributed by atoms with E-state index in [2.05, 4.69) is 6.92 Å². The number of hydrogen-bond donors (Lipinski definition) is 1. The number of aromatic hydroxyl groups is 1. The number of phenols is 1. The Balaban J connectivity index is 2.23. The summed E-state index contributed by atoms with van der Waals surface area (Å²) in [5.74, 6) is 2.13. The van der Waals surface area contributed by atoms with E-state index < -0.39 is 0 Å². The molecule has 0 aliphatic rings. The highest BCUT2D eigenvalue weighted by atomic mass is 16.5. The summed E-state index contributed by atoms with van der Waals surface area (Å²) in [5.41, 5.74) is 3.12. The Morgan fingerprint density at radius 2 is 1.67 bits per heavy atom. The van der Waals surface area contributed by atoms with Crippen molar-refractivity contribution >= 4 is 12.2 Å². The molecule has 27 heavy (non-hydrogen) atoms. The third-order valence-electron chi connectivity index (χ3n) is 3.79. The van der Waals surface area contributed by atoms with Gasteiger partial charge < -0.3 is 19.3 Å². The lowest BCUT2D eigenvalue weighted by molar-refractivity contribution is 0.312. The zero-order chi connectivity index (χ0) is 19.6. The van der Waals surface area contributed by atoms with Crippen LogP contribution >= 0.6 is 0 Å². The predicted octanol–water partition coefficient (Wildman–Crippen LogP) is 5.71. The highest BCUT2D eigenvalue weighted by molar-refractivity contribution is 5.72. The molecular formula is C23H28O4. The Morgan fingerprint density at radius 1 is 0.963 bits per heavy atom. The molecule has 0 fully saturated rings. The van der Waals surface area contributed by atoms with Crippen LogP contribution in [0.15, 0.2) is 48.0 Å². The quantitative estimate of drug-likeness (QED) is 0.455. The predicted molar refractivity (Wildman–Crippen MR) is 111 cm³/mol. The van der Waals surface area contributed by atoms with Crippen molar-refractivity contribution in [2.75, 3.05) is 20.3 Å². The molecule has 0 unspecified atom stereocenters. The smallest absolute Gasteiger partial charge is 0.161 e. The maximum atomic E-state index is 9.71. The highest BCUT2D eigenvalue weighted by Gasteiger charge is 2.03. The molecule has 0 aliphatic carbocycles. The van der Waals surface area contributed by atoms with Crippen molar-refractivity contribution in [2.45, 2.75) is 27.2 Å². The maximum absolute atomic E-state index is 9.71. The van der Waals surface area contributed by atoms with Gasteiger partial charge >= 0.3 is 0 Å². The zero-order valence-corrected chi connectivity index (χ0v) is 16.5. The normalized spacial score (nSPS) is 10.7. The number of hydrogen-bond acceptors (Lipinski definition) is 4. The van der Waals surface area contributed by atoms with Crippen LogP contribution in [0.25, 0.3) is 12.2 Å². The first-order chi connectivity index (χ1) is 13.0. The Kier molecular flexibility index (Phi) is 7.80. The van der Waals surface area contributed by atoms with Gasteiger partial charge in [-0.15, -0.1) is 0 Å². The van der Waals surface area contributed by atoms with E-state index in [1.165, 1.54) is 12.7 Å². The van der Waals surface area contributed by atoms with Gasteiger partial charge in [-0.25, -0.2) is 0 Å². The third kappa shape index (κ3) is 6.74. The second-order valence-corrected chi connectivity index (χ2v) is 6.44. The fraction of sp³-hybridized carbons (Fsp3) is 0.304. The van der Waals surface area contributed by atoms with Crippen LogP contribution in [0.3, 0.4) is 0 Å². The van der Waals surface area contributed by atoms with E-state index in [-0.39, 0.29) is 5.75 Å². The first-order valence-electron chi connectivity index (χ1n) is 9.11. The average Bonchev–Trinajstić information content (AvgIpc) is 2.65. The monoisotopic (exact) mass is 368 g/mol. The number of benzene rings is 2. The largest absolute Gasteiger partial charge is 0.504 e. The first-order valence-corrected chi connectivity index (χ1v) is 9.11. The van der Waals surface area contributed by atoms with Crippen molar-refractivity contribution in [1.29, 1.82) is 0 Å². The number of methoxy groups -OCH3 is 1. The molecule has 144 valence electrons. The second kappa shape index (κ2) is 10.3. The van der Waals surface area contributed by atoms with Gasteiger partial charge in [-0.2, -0.15) is 0 Å². The van der Waals surface area contributed by atoms with Crippen molar-refractivity contribution in [3.8, 4) is 23.0 Å². The molecule has 0 aromatic heterocycles. The van der Waals surface area contributed by atoms with E-state index in [0.717, 1.165) is 29.0 Å². The van der Waals surface area contributed by atoms with Gasteiger partial charge in [0.05, 0.1) is 13.7 Å². The minimum atomic E-state index is 0.125. The van der Waals surface area contributed by atoms with E-state index in [0.29, 0.717) is 19.0 Å². The summed E-state index contributed by atoms with van der Waals surface area (Å²) < 4.78 is 16.8. The first kappa shape index (κ1) is 20.4. The molecule has 0 atom stereocenters. The number of allylic oxidation sites excluding steroid dienone is 1. The van der Waals surface area contributed by atoms with E-state index in [9.17, 15) is 5.11 Å². The zero-order valence-electron chi connectivity index (χ0n) is 16.5. The standard InChI is InChI=1S/C23H28O4/c1-5-11-26-20-13-19(14-21(16-20)27-12-10-17(2)3)7-6-18-8-9-22(24)23(15-18)25-4/h6-10,13-16,24H,5,11-12H2,1-4H3/b7-6+. The molecular weight excluding hydrogens is 340 g/mol. The summed E-state index contributed by atoms with van der Waals surface area (Å²) in [7, 11) is 1.53. The van der Waals surface area contributed by atoms with E-state index in [1.807, 2.05) is 56.3 Å². The highest BCUT2D eigenvalue weighted by Crippen LogP contribution is 2.28. The van der Waals surface area contributed by atoms with Crippen LogP contribution in [-0.2, 0) is 0 Å². The summed E-state index contributed by atoms with van der Waals surface area (Å²) in [6, 6.07) is 11.1. The lowest BCUT2D eigenvalue weighted by Crippen LogP contribution is -1.98. The minimum absolute atomic E-state index is 0.125. The lowest BCUT2D eigenvalue weighted by atomic mass is 10.1. The van der Waals surface area contributed by atoms with Gasteiger partial charge in [-0.1, -0.05) is 30.7 Å². The van der Waals surface area contributed by atoms with Gasteiger partial charge in [-0.05, 0) is 61.7 Å². The summed E-state index contributed by atoms with van der Waals surface area (Å²) in [6.45, 7) is 7.36. The van der Waals surface area contributed by atoms with E-state index in [4.69, 9.17) is 14.2 Å². The van der Waals surface area contributed by atoms with Crippen LogP contribution in [0.4, 0.5) is 0 Å². The molecule has 0 heterocycles. The van der Waals surface area contributed by atoms with Crippen molar-refractivity contribution in [1.82, 2.24) is 0 Å². The van der Waals surface area contributed by atoms with Crippen LogP contribution < -0.4 is 14.2 Å². The molecule has 0 radical (unpaired) electrons. The summed E-state index contributed by atoms with van der Waals surface area (Å²) in [6.07, 6.45) is 6.93. The SMILES string of the molecule is CCCOc1cc(/C=C/c2ccc(O)c(OC)c2)cc(OCC=C(C)C)c1. The van der Waals surface area contributed by atoms with Gasteiger partial charge in [0.15, 0.2) is 11.5 Å². The van der Waals surface area contributed by atoms with E-state index in [1.54, 1.807) is 12.1 Å². The average molecular weight is 368 g/mol. The molecule has 4 nitrogen and oxygen atoms in total. The summed E-state index contributed by atoms with van der Waals surface area (Å²) >= 11 is 0. The molecule has 2 aromatic carbocycles. The molecule has 2 aromatic rings. The van der Waals surface area contributed by atoms with Crippen LogP contribution in [-0.4, -0.2) is 25.4 Å². The van der Waals surface area contributed by atoms with E-state index >= 15 is 0 Å². The molecule has 0 bridgehead atoms. The number of rotatable bonds is 9. The molecule has 0 saturated heterocycles. The molecule has 0 spiro atoms. The lowest BCUT2D eigenvalue weighted by Gasteiger charge is -2.10. The molecule has 0 aliphatic heterocycles.